The molecule has 29 heavy (non-hydrogen) atoms. The summed E-state index contributed by atoms with van der Waals surface area (Å²) in [4.78, 5) is 46.5. The Morgan fingerprint density at radius 3 is 2.55 bits per heavy atom. The van der Waals surface area contributed by atoms with E-state index in [1.807, 2.05) is 0 Å². The van der Waals surface area contributed by atoms with Crippen molar-refractivity contribution in [3.05, 3.63) is 39.2 Å². The lowest BCUT2D eigenvalue weighted by molar-refractivity contribution is -0.308. The zero-order valence-electron chi connectivity index (χ0n) is 16.0. The Morgan fingerprint density at radius 1 is 1.24 bits per heavy atom. The normalized spacial score (nSPS) is 11.8. The fourth-order valence-electron chi connectivity index (χ4n) is 2.96. The number of aryl methyl sites for hydroxylation is 2. The number of fused-ring (bicyclic) bond motifs is 1. The van der Waals surface area contributed by atoms with Crippen molar-refractivity contribution in [3.63, 3.8) is 0 Å². The van der Waals surface area contributed by atoms with Gasteiger partial charge in [-0.1, -0.05) is 0 Å². The van der Waals surface area contributed by atoms with Crippen LogP contribution in [-0.2, 0) is 16.0 Å². The van der Waals surface area contributed by atoms with Crippen LogP contribution >= 0.6 is 0 Å². The van der Waals surface area contributed by atoms with Gasteiger partial charge in [0.15, 0.2) is 0 Å². The van der Waals surface area contributed by atoms with E-state index in [0.29, 0.717) is 16.5 Å². The van der Waals surface area contributed by atoms with Gasteiger partial charge in [0.2, 0.25) is 5.91 Å². The highest BCUT2D eigenvalue weighted by Crippen LogP contribution is 2.28. The summed E-state index contributed by atoms with van der Waals surface area (Å²) in [5.41, 5.74) is 5.41. The molecule has 0 aliphatic carbocycles. The van der Waals surface area contributed by atoms with Crippen molar-refractivity contribution in [1.29, 1.82) is 0 Å². The van der Waals surface area contributed by atoms with E-state index in [1.54, 1.807) is 19.9 Å². The van der Waals surface area contributed by atoms with Gasteiger partial charge in [-0.05, 0) is 44.4 Å². The molecule has 3 amide bonds. The number of amides is 3. The number of rotatable bonds is 8. The van der Waals surface area contributed by atoms with Crippen molar-refractivity contribution < 1.29 is 29.0 Å². The van der Waals surface area contributed by atoms with Crippen LogP contribution in [0.4, 0.5) is 4.79 Å². The average Bonchev–Trinajstić information content (AvgIpc) is 2.64. The van der Waals surface area contributed by atoms with Gasteiger partial charge in [0.25, 0.3) is 0 Å². The zero-order chi connectivity index (χ0) is 21.7. The number of phenols is 1. The third kappa shape index (κ3) is 5.24. The molecule has 0 fully saturated rings. The Hall–Kier alpha value is -3.56. The molecule has 1 atom stereocenters. The fraction of sp³-hybridized carbons (Fsp3) is 0.368. The van der Waals surface area contributed by atoms with Crippen molar-refractivity contribution in [1.82, 2.24) is 10.6 Å². The lowest BCUT2D eigenvalue weighted by Gasteiger charge is -2.20. The van der Waals surface area contributed by atoms with Crippen molar-refractivity contribution in [2.24, 2.45) is 5.73 Å². The average molecular weight is 404 g/mol. The summed E-state index contributed by atoms with van der Waals surface area (Å²) < 4.78 is 5.26. The van der Waals surface area contributed by atoms with Crippen LogP contribution in [0.3, 0.4) is 0 Å². The van der Waals surface area contributed by atoms with Crippen LogP contribution in [0.5, 0.6) is 5.75 Å². The summed E-state index contributed by atoms with van der Waals surface area (Å²) in [7, 11) is 0. The molecule has 2 aromatic rings. The van der Waals surface area contributed by atoms with Gasteiger partial charge in [-0.2, -0.15) is 0 Å². The van der Waals surface area contributed by atoms with Crippen LogP contribution in [-0.4, -0.2) is 35.6 Å². The Balaban J connectivity index is 2.16. The lowest BCUT2D eigenvalue weighted by atomic mass is 10.0. The van der Waals surface area contributed by atoms with Gasteiger partial charge >= 0.3 is 11.7 Å². The summed E-state index contributed by atoms with van der Waals surface area (Å²) in [6.45, 7) is 3.39. The Bertz CT molecular complexity index is 1010. The first-order valence-electron chi connectivity index (χ1n) is 8.90. The van der Waals surface area contributed by atoms with E-state index in [4.69, 9.17) is 10.2 Å². The van der Waals surface area contributed by atoms with Gasteiger partial charge in [-0.25, -0.2) is 9.59 Å². The number of nitrogens with one attached hydrogen (secondary N) is 2. The quantitative estimate of drug-likeness (QED) is 0.333. The van der Waals surface area contributed by atoms with Crippen LogP contribution < -0.4 is 27.1 Å². The number of urea groups is 1. The van der Waals surface area contributed by atoms with Crippen molar-refractivity contribution >= 4 is 28.9 Å². The molecule has 0 bridgehead atoms. The van der Waals surface area contributed by atoms with Gasteiger partial charge in [0.1, 0.15) is 11.3 Å². The minimum Gasteiger partial charge on any atom is -0.548 e. The number of hydrogen-bond acceptors (Lipinski definition) is 7. The number of carboxylic acids is 1. The molecule has 156 valence electrons. The maximum Gasteiger partial charge on any atom is 0.340 e. The summed E-state index contributed by atoms with van der Waals surface area (Å²) in [6, 6.07) is 1.01. The molecule has 0 spiro atoms. The second-order valence-electron chi connectivity index (χ2n) is 6.63. The van der Waals surface area contributed by atoms with Crippen LogP contribution in [0.15, 0.2) is 21.3 Å². The first kappa shape index (κ1) is 21.7. The molecule has 0 aliphatic heterocycles. The number of aromatic hydroxyl groups is 1. The molecule has 10 heteroatoms. The Morgan fingerprint density at radius 2 is 1.93 bits per heavy atom. The molecule has 0 saturated heterocycles. The number of carbonyl (C=O) groups is 3. The van der Waals surface area contributed by atoms with E-state index in [1.165, 1.54) is 6.07 Å². The number of hydrogen-bond donors (Lipinski definition) is 4. The van der Waals surface area contributed by atoms with Gasteiger partial charge in [0, 0.05) is 17.5 Å². The number of phenolic OH excluding ortho intramolecular Hbond substituents is 1. The maximum absolute atomic E-state index is 12.3. The number of benzene rings is 1. The van der Waals surface area contributed by atoms with E-state index in [0.717, 1.165) is 0 Å². The molecular formula is C19H22N3O7-. The highest BCUT2D eigenvalue weighted by molar-refractivity contribution is 5.88. The molecule has 1 aromatic carbocycles. The van der Waals surface area contributed by atoms with Crippen LogP contribution in [0.25, 0.3) is 11.0 Å². The predicted octanol–water partition coefficient (Wildman–Crippen LogP) is -0.659. The molecule has 2 rings (SSSR count). The molecule has 5 N–H and O–H groups in total. The molecule has 0 saturated carbocycles. The maximum atomic E-state index is 12.3. The SMILES string of the molecule is Cc1c(CC(=O)N[C@@H](CCCNC(N)=O)C(=O)[O-])c(=O)oc2c(C)c(O)ccc12. The first-order valence-corrected chi connectivity index (χ1v) is 8.90. The van der Waals surface area contributed by atoms with Gasteiger partial charge in [0.05, 0.1) is 24.0 Å². The first-order chi connectivity index (χ1) is 13.6. The minimum atomic E-state index is -1.48. The van der Waals surface area contributed by atoms with E-state index in [9.17, 15) is 29.4 Å². The van der Waals surface area contributed by atoms with Crippen LogP contribution in [0, 0.1) is 13.8 Å². The zero-order valence-corrected chi connectivity index (χ0v) is 16.0. The molecule has 1 aromatic heterocycles. The smallest absolute Gasteiger partial charge is 0.340 e. The van der Waals surface area contributed by atoms with Gasteiger partial charge in [-0.15, -0.1) is 0 Å². The summed E-state index contributed by atoms with van der Waals surface area (Å²) in [5, 5.41) is 26.2. The third-order valence-electron chi connectivity index (χ3n) is 4.60. The van der Waals surface area contributed by atoms with Crippen molar-refractivity contribution in [2.75, 3.05) is 6.54 Å². The van der Waals surface area contributed by atoms with Gasteiger partial charge in [-0.3, -0.25) is 4.79 Å². The van der Waals surface area contributed by atoms with E-state index < -0.39 is 29.6 Å². The molecule has 0 radical (unpaired) electrons. The highest BCUT2D eigenvalue weighted by atomic mass is 16.4. The van der Waals surface area contributed by atoms with Crippen LogP contribution in [0.2, 0.25) is 0 Å². The van der Waals surface area contributed by atoms with Crippen molar-refractivity contribution in [2.45, 2.75) is 39.2 Å². The highest BCUT2D eigenvalue weighted by Gasteiger charge is 2.19. The Kier molecular flexibility index (Phi) is 6.81. The molecule has 0 unspecified atom stereocenters. The predicted molar refractivity (Wildman–Crippen MR) is 101 cm³/mol. The lowest BCUT2D eigenvalue weighted by Crippen LogP contribution is -2.48. The van der Waals surface area contributed by atoms with E-state index in [-0.39, 0.29) is 42.7 Å². The van der Waals surface area contributed by atoms with Crippen molar-refractivity contribution in [3.8, 4) is 5.75 Å². The molecule has 10 nitrogen and oxygen atoms in total. The topological polar surface area (TPSA) is 175 Å². The number of carbonyl (C=O) groups excluding carboxylic acids is 3. The minimum absolute atomic E-state index is 0.0120. The number of aliphatic carboxylic acids is 1. The molecule has 1 heterocycles. The molecular weight excluding hydrogens is 382 g/mol. The molecule has 0 aliphatic rings. The second kappa shape index (κ2) is 9.09. The van der Waals surface area contributed by atoms with E-state index in [2.05, 4.69) is 10.6 Å². The standard InChI is InChI=1S/C19H23N3O7/c1-9-11-5-6-14(23)10(2)16(11)29-18(27)12(9)8-15(24)22-13(17(25)26)4-3-7-21-19(20)28/h5-6,13,23H,3-4,7-8H2,1-2H3,(H,22,24)(H,25,26)(H3,20,21,28)/p-1/t13-/m0/s1. The third-order valence-corrected chi connectivity index (χ3v) is 4.60. The summed E-state index contributed by atoms with van der Waals surface area (Å²) >= 11 is 0. The monoisotopic (exact) mass is 404 g/mol. The number of carboxylic acid groups (broad SMARTS) is 1. The summed E-state index contributed by atoms with van der Waals surface area (Å²) in [5.74, 6) is -2.19. The number of nitrogens with two attached hydrogens (primary N) is 1. The largest absolute Gasteiger partial charge is 0.548 e. The number of primary amides is 1. The fourth-order valence-corrected chi connectivity index (χ4v) is 2.96. The van der Waals surface area contributed by atoms with Gasteiger partial charge < -0.3 is 35.8 Å². The Labute approximate surface area is 165 Å². The second-order valence-corrected chi connectivity index (χ2v) is 6.63. The summed E-state index contributed by atoms with van der Waals surface area (Å²) in [6.07, 6.45) is -0.118. The van der Waals surface area contributed by atoms with E-state index >= 15 is 0 Å². The van der Waals surface area contributed by atoms with Crippen LogP contribution in [0.1, 0.15) is 29.5 Å².